The molecule has 1 unspecified atom stereocenters. The molecule has 2 nitrogen and oxygen atoms in total. The number of unbranched alkanes of at least 4 members (excludes halogenated alkanes) is 1. The fourth-order valence-corrected chi connectivity index (χ4v) is 1.26. The second kappa shape index (κ2) is 5.84. The van der Waals surface area contributed by atoms with E-state index in [1.54, 1.807) is 0 Å². The third kappa shape index (κ3) is 4.45. The Kier molecular flexibility index (Phi) is 5.51. The van der Waals surface area contributed by atoms with E-state index in [0.717, 1.165) is 6.42 Å². The van der Waals surface area contributed by atoms with Gasteiger partial charge in [-0.25, -0.2) is 4.79 Å². The van der Waals surface area contributed by atoms with Gasteiger partial charge in [0.2, 0.25) is 0 Å². The van der Waals surface area contributed by atoms with E-state index in [9.17, 15) is 4.79 Å². The average Bonchev–Trinajstić information content (AvgIpc) is 2.13. The number of carbonyl (C=O) groups is 1. The summed E-state index contributed by atoms with van der Waals surface area (Å²) in [6, 6.07) is 0. The predicted octanol–water partition coefficient (Wildman–Crippen LogP) is 3.32. The Morgan fingerprint density at radius 2 is 2.14 bits per heavy atom. The second-order valence-electron chi connectivity index (χ2n) is 4.27. The van der Waals surface area contributed by atoms with Gasteiger partial charge in [-0.05, 0) is 26.2 Å². The first-order valence-corrected chi connectivity index (χ1v) is 5.29. The van der Waals surface area contributed by atoms with Crippen LogP contribution in [0, 0.1) is 5.92 Å². The molecule has 0 radical (unpaired) electrons. The summed E-state index contributed by atoms with van der Waals surface area (Å²) in [5.74, 6) is 0.0460. The van der Waals surface area contributed by atoms with E-state index in [1.807, 2.05) is 13.8 Å². The summed E-state index contributed by atoms with van der Waals surface area (Å²) in [5, 5.41) is 0. The van der Waals surface area contributed by atoms with Crippen molar-refractivity contribution in [2.24, 2.45) is 5.92 Å². The van der Waals surface area contributed by atoms with Crippen LogP contribution in [0.25, 0.3) is 0 Å². The molecule has 0 aromatic carbocycles. The molecule has 0 aromatic rings. The molecule has 0 aliphatic carbocycles. The molecule has 2 heteroatoms. The van der Waals surface area contributed by atoms with Gasteiger partial charge in [0.25, 0.3) is 0 Å². The minimum Gasteiger partial charge on any atom is -0.456 e. The van der Waals surface area contributed by atoms with Crippen molar-refractivity contribution in [1.82, 2.24) is 0 Å². The molecule has 0 heterocycles. The van der Waals surface area contributed by atoms with Crippen molar-refractivity contribution in [3.8, 4) is 0 Å². The lowest BCUT2D eigenvalue weighted by Gasteiger charge is -2.31. The van der Waals surface area contributed by atoms with Crippen molar-refractivity contribution in [3.63, 3.8) is 0 Å². The van der Waals surface area contributed by atoms with Crippen LogP contribution < -0.4 is 0 Å². The van der Waals surface area contributed by atoms with Crippen molar-refractivity contribution in [2.75, 3.05) is 0 Å². The highest BCUT2D eigenvalue weighted by atomic mass is 16.6. The summed E-state index contributed by atoms with van der Waals surface area (Å²) in [5.41, 5.74) is -0.388. The van der Waals surface area contributed by atoms with Crippen molar-refractivity contribution in [2.45, 2.75) is 52.6 Å². The summed E-state index contributed by atoms with van der Waals surface area (Å²) < 4.78 is 5.29. The molecule has 0 aromatic heterocycles. The summed E-state index contributed by atoms with van der Waals surface area (Å²) >= 11 is 0. The lowest BCUT2D eigenvalue weighted by molar-refractivity contribution is -0.155. The molecule has 0 amide bonds. The summed E-state index contributed by atoms with van der Waals surface area (Å²) in [6.45, 7) is 11.6. The topological polar surface area (TPSA) is 26.3 Å². The summed E-state index contributed by atoms with van der Waals surface area (Å²) in [6.07, 6.45) is 4.66. The number of hydrogen-bond acceptors (Lipinski definition) is 2. The fraction of sp³-hybridized carbons (Fsp3) is 0.750. The van der Waals surface area contributed by atoms with Crippen molar-refractivity contribution in [1.29, 1.82) is 0 Å². The van der Waals surface area contributed by atoms with Gasteiger partial charge in [0, 0.05) is 6.08 Å². The largest absolute Gasteiger partial charge is 0.456 e. The number of carbonyl (C=O) groups excluding carboxylic acids is 1. The minimum atomic E-state index is -0.388. The van der Waals surface area contributed by atoms with E-state index < -0.39 is 0 Å². The first-order chi connectivity index (χ1) is 6.44. The Morgan fingerprint density at radius 3 is 2.57 bits per heavy atom. The van der Waals surface area contributed by atoms with Gasteiger partial charge in [0.15, 0.2) is 0 Å². The Balaban J connectivity index is 4.14. The number of rotatable bonds is 6. The summed E-state index contributed by atoms with van der Waals surface area (Å²) in [4.78, 5) is 11.1. The first kappa shape index (κ1) is 13.2. The molecule has 0 spiro atoms. The van der Waals surface area contributed by atoms with Gasteiger partial charge < -0.3 is 4.74 Å². The second-order valence-corrected chi connectivity index (χ2v) is 4.27. The zero-order chi connectivity index (χ0) is 11.2. The zero-order valence-electron chi connectivity index (χ0n) is 9.80. The van der Waals surface area contributed by atoms with Gasteiger partial charge in [-0.3, -0.25) is 0 Å². The molecule has 0 N–H and O–H groups in total. The fourth-order valence-electron chi connectivity index (χ4n) is 1.26. The van der Waals surface area contributed by atoms with E-state index in [0.29, 0.717) is 5.92 Å². The average molecular weight is 198 g/mol. The molecule has 0 rings (SSSR count). The smallest absolute Gasteiger partial charge is 0.330 e. The lowest BCUT2D eigenvalue weighted by Crippen LogP contribution is -2.34. The van der Waals surface area contributed by atoms with Crippen LogP contribution in [0.1, 0.15) is 47.0 Å². The predicted molar refractivity (Wildman–Crippen MR) is 59.1 cm³/mol. The van der Waals surface area contributed by atoms with Gasteiger partial charge in [0.05, 0.1) is 0 Å². The molecule has 1 atom stereocenters. The van der Waals surface area contributed by atoms with E-state index in [-0.39, 0.29) is 11.6 Å². The number of esters is 1. The van der Waals surface area contributed by atoms with Gasteiger partial charge in [-0.1, -0.05) is 33.3 Å². The molecule has 0 aliphatic heterocycles. The van der Waals surface area contributed by atoms with Crippen molar-refractivity contribution in [3.05, 3.63) is 12.7 Å². The van der Waals surface area contributed by atoms with Crippen LogP contribution in [0.2, 0.25) is 0 Å². The van der Waals surface area contributed by atoms with Crippen molar-refractivity contribution >= 4 is 5.97 Å². The highest BCUT2D eigenvalue weighted by molar-refractivity contribution is 5.81. The zero-order valence-corrected chi connectivity index (χ0v) is 9.80. The van der Waals surface area contributed by atoms with Crippen LogP contribution in [0.15, 0.2) is 12.7 Å². The van der Waals surface area contributed by atoms with Crippen LogP contribution >= 0.6 is 0 Å². The number of hydrogen-bond donors (Lipinski definition) is 0. The van der Waals surface area contributed by atoms with Gasteiger partial charge in [-0.2, -0.15) is 0 Å². The highest BCUT2D eigenvalue weighted by Crippen LogP contribution is 2.25. The van der Waals surface area contributed by atoms with Gasteiger partial charge in [0.1, 0.15) is 5.60 Å². The van der Waals surface area contributed by atoms with E-state index in [2.05, 4.69) is 20.4 Å². The standard InChI is InChI=1S/C12H22O2/c1-6-8-9-10(3)12(4,5)14-11(13)7-2/h7,10H,2,6,8-9H2,1,3-5H3. The molecule has 82 valence electrons. The maximum atomic E-state index is 11.1. The normalized spacial score (nSPS) is 13.4. The van der Waals surface area contributed by atoms with E-state index >= 15 is 0 Å². The molecule has 14 heavy (non-hydrogen) atoms. The Hall–Kier alpha value is -0.790. The van der Waals surface area contributed by atoms with Crippen LogP contribution in [0.3, 0.4) is 0 Å². The molecule has 0 fully saturated rings. The Labute approximate surface area is 87.3 Å². The van der Waals surface area contributed by atoms with Gasteiger partial charge >= 0.3 is 5.97 Å². The van der Waals surface area contributed by atoms with Crippen LogP contribution in [0.4, 0.5) is 0 Å². The maximum absolute atomic E-state index is 11.1. The van der Waals surface area contributed by atoms with Crippen LogP contribution in [-0.4, -0.2) is 11.6 Å². The molecule has 0 saturated heterocycles. The summed E-state index contributed by atoms with van der Waals surface area (Å²) in [7, 11) is 0. The van der Waals surface area contributed by atoms with Crippen molar-refractivity contribution < 1.29 is 9.53 Å². The third-order valence-corrected chi connectivity index (χ3v) is 2.71. The van der Waals surface area contributed by atoms with Gasteiger partial charge in [-0.15, -0.1) is 0 Å². The molecule has 0 aliphatic rings. The monoisotopic (exact) mass is 198 g/mol. The van der Waals surface area contributed by atoms with E-state index in [4.69, 9.17) is 4.74 Å². The first-order valence-electron chi connectivity index (χ1n) is 5.29. The Morgan fingerprint density at radius 1 is 1.57 bits per heavy atom. The quantitative estimate of drug-likeness (QED) is 0.483. The molecular formula is C12H22O2. The maximum Gasteiger partial charge on any atom is 0.330 e. The van der Waals surface area contributed by atoms with Crippen LogP contribution in [-0.2, 0) is 9.53 Å². The van der Waals surface area contributed by atoms with Crippen LogP contribution in [0.5, 0.6) is 0 Å². The Bertz CT molecular complexity index is 194. The minimum absolute atomic E-state index is 0.335. The number of ether oxygens (including phenoxy) is 1. The highest BCUT2D eigenvalue weighted by Gasteiger charge is 2.28. The van der Waals surface area contributed by atoms with E-state index in [1.165, 1.54) is 18.9 Å². The lowest BCUT2D eigenvalue weighted by atomic mass is 9.88. The molecule has 0 bridgehead atoms. The third-order valence-electron chi connectivity index (χ3n) is 2.71. The SMILES string of the molecule is C=CC(=O)OC(C)(C)C(C)CCCC. The molecule has 0 saturated carbocycles. The molecular weight excluding hydrogens is 176 g/mol.